The second kappa shape index (κ2) is 6.03. The monoisotopic (exact) mass is 220 g/mol. The van der Waals surface area contributed by atoms with E-state index < -0.39 is 0 Å². The van der Waals surface area contributed by atoms with E-state index in [1.165, 1.54) is 19.3 Å². The lowest BCUT2D eigenvalue weighted by atomic mass is 9.84. The average molecular weight is 220 g/mol. The topological polar surface area (TPSA) is 3.88 Å². The van der Waals surface area contributed by atoms with E-state index in [-0.39, 0.29) is 0 Å². The molecule has 1 aromatic heterocycles. The SMILES string of the molecule is CC(CCC[n+]1ccccc1)CC(C)(C)C. The normalized spacial score (nSPS) is 13.8. The van der Waals surface area contributed by atoms with Gasteiger partial charge in [-0.05, 0) is 24.2 Å². The number of nitrogens with zero attached hydrogens (tertiary/aromatic N) is 1. The fourth-order valence-electron chi connectivity index (χ4n) is 2.35. The van der Waals surface area contributed by atoms with Crippen LogP contribution in [0.2, 0.25) is 0 Å². The first-order valence-electron chi connectivity index (χ1n) is 6.41. The molecule has 16 heavy (non-hydrogen) atoms. The van der Waals surface area contributed by atoms with Gasteiger partial charge in [0.1, 0.15) is 6.54 Å². The molecule has 90 valence electrons. The summed E-state index contributed by atoms with van der Waals surface area (Å²) in [5.74, 6) is 0.837. The molecule has 0 radical (unpaired) electrons. The van der Waals surface area contributed by atoms with Crippen molar-refractivity contribution in [2.45, 2.75) is 53.5 Å². The third-order valence-corrected chi connectivity index (χ3v) is 2.85. The van der Waals surface area contributed by atoms with Crippen molar-refractivity contribution in [1.29, 1.82) is 0 Å². The third kappa shape index (κ3) is 5.89. The van der Waals surface area contributed by atoms with Crippen LogP contribution in [0.1, 0.15) is 47.0 Å². The van der Waals surface area contributed by atoms with Gasteiger partial charge in [-0.2, -0.15) is 0 Å². The van der Waals surface area contributed by atoms with Crippen LogP contribution in [0.3, 0.4) is 0 Å². The summed E-state index contributed by atoms with van der Waals surface area (Å²) < 4.78 is 2.27. The molecule has 0 N–H and O–H groups in total. The highest BCUT2D eigenvalue weighted by Gasteiger charge is 2.15. The molecule has 0 aliphatic heterocycles. The molecule has 1 unspecified atom stereocenters. The quantitative estimate of drug-likeness (QED) is 0.664. The molecule has 0 saturated carbocycles. The summed E-state index contributed by atoms with van der Waals surface area (Å²) in [7, 11) is 0. The maximum atomic E-state index is 2.38. The highest BCUT2D eigenvalue weighted by molar-refractivity contribution is 4.83. The van der Waals surface area contributed by atoms with Gasteiger partial charge in [-0.3, -0.25) is 0 Å². The number of rotatable bonds is 5. The van der Waals surface area contributed by atoms with Crippen molar-refractivity contribution in [1.82, 2.24) is 0 Å². The van der Waals surface area contributed by atoms with E-state index in [0.29, 0.717) is 5.41 Å². The standard InChI is InChI=1S/C15H26N/c1-14(13-15(2,3)4)9-8-12-16-10-6-5-7-11-16/h5-7,10-11,14H,8-9,12-13H2,1-4H3/q+1. The van der Waals surface area contributed by atoms with E-state index >= 15 is 0 Å². The van der Waals surface area contributed by atoms with Crippen LogP contribution in [0, 0.1) is 11.3 Å². The summed E-state index contributed by atoms with van der Waals surface area (Å²) in [5.41, 5.74) is 0.472. The predicted molar refractivity (Wildman–Crippen MR) is 69.1 cm³/mol. The Morgan fingerprint density at radius 2 is 1.69 bits per heavy atom. The van der Waals surface area contributed by atoms with E-state index in [1.807, 2.05) is 0 Å². The average Bonchev–Trinajstić information content (AvgIpc) is 2.16. The van der Waals surface area contributed by atoms with Crippen LogP contribution < -0.4 is 4.57 Å². The Balaban J connectivity index is 2.21. The second-order valence-corrected chi connectivity index (χ2v) is 6.13. The van der Waals surface area contributed by atoms with Gasteiger partial charge in [-0.15, -0.1) is 0 Å². The van der Waals surface area contributed by atoms with Crippen molar-refractivity contribution in [3.05, 3.63) is 30.6 Å². The van der Waals surface area contributed by atoms with Gasteiger partial charge in [0.05, 0.1) is 0 Å². The van der Waals surface area contributed by atoms with Crippen LogP contribution in [0.25, 0.3) is 0 Å². The van der Waals surface area contributed by atoms with E-state index in [9.17, 15) is 0 Å². The molecule has 1 heterocycles. The lowest BCUT2D eigenvalue weighted by Gasteiger charge is -2.22. The van der Waals surface area contributed by atoms with Crippen molar-refractivity contribution < 1.29 is 4.57 Å². The smallest absolute Gasteiger partial charge is 0.168 e. The Morgan fingerprint density at radius 3 is 2.25 bits per heavy atom. The van der Waals surface area contributed by atoms with Crippen LogP contribution in [0.4, 0.5) is 0 Å². The summed E-state index contributed by atoms with van der Waals surface area (Å²) in [6.45, 7) is 10.5. The van der Waals surface area contributed by atoms with E-state index in [4.69, 9.17) is 0 Å². The highest BCUT2D eigenvalue weighted by atomic mass is 14.9. The molecule has 0 aromatic carbocycles. The zero-order valence-electron chi connectivity index (χ0n) is 11.2. The molecular weight excluding hydrogens is 194 g/mol. The fraction of sp³-hybridized carbons (Fsp3) is 0.667. The zero-order valence-corrected chi connectivity index (χ0v) is 11.2. The Kier molecular flexibility index (Phi) is 4.98. The minimum Gasteiger partial charge on any atom is -0.205 e. The maximum Gasteiger partial charge on any atom is 0.168 e. The number of hydrogen-bond donors (Lipinski definition) is 0. The van der Waals surface area contributed by atoms with E-state index in [1.54, 1.807) is 0 Å². The van der Waals surface area contributed by atoms with Crippen LogP contribution in [0.5, 0.6) is 0 Å². The Labute approximate surface area is 101 Å². The van der Waals surface area contributed by atoms with Gasteiger partial charge in [0.2, 0.25) is 0 Å². The molecule has 0 aliphatic carbocycles. The van der Waals surface area contributed by atoms with Crippen molar-refractivity contribution in [2.75, 3.05) is 0 Å². The summed E-state index contributed by atoms with van der Waals surface area (Å²) in [4.78, 5) is 0. The van der Waals surface area contributed by atoms with Gasteiger partial charge in [0.15, 0.2) is 12.4 Å². The number of hydrogen-bond acceptors (Lipinski definition) is 0. The van der Waals surface area contributed by atoms with Crippen molar-refractivity contribution in [3.63, 3.8) is 0 Å². The molecular formula is C15H26N+. The lowest BCUT2D eigenvalue weighted by Crippen LogP contribution is -2.32. The molecule has 0 fully saturated rings. The minimum atomic E-state index is 0.472. The Morgan fingerprint density at radius 1 is 1.06 bits per heavy atom. The molecule has 1 atom stereocenters. The van der Waals surface area contributed by atoms with Crippen LogP contribution >= 0.6 is 0 Å². The first kappa shape index (κ1) is 13.2. The number of aromatic nitrogens is 1. The molecule has 1 heteroatoms. The first-order valence-corrected chi connectivity index (χ1v) is 6.41. The third-order valence-electron chi connectivity index (χ3n) is 2.85. The molecule has 0 aliphatic rings. The second-order valence-electron chi connectivity index (χ2n) is 6.13. The fourth-order valence-corrected chi connectivity index (χ4v) is 2.35. The summed E-state index contributed by atoms with van der Waals surface area (Å²) in [6, 6.07) is 6.26. The van der Waals surface area contributed by atoms with E-state index in [2.05, 4.69) is 62.9 Å². The summed E-state index contributed by atoms with van der Waals surface area (Å²) in [5, 5.41) is 0. The highest BCUT2D eigenvalue weighted by Crippen LogP contribution is 2.26. The van der Waals surface area contributed by atoms with Gasteiger partial charge >= 0.3 is 0 Å². The minimum absolute atomic E-state index is 0.472. The van der Waals surface area contributed by atoms with Crippen molar-refractivity contribution >= 4 is 0 Å². The predicted octanol–water partition coefficient (Wildman–Crippen LogP) is 3.83. The molecule has 1 aromatic rings. The van der Waals surface area contributed by atoms with Gasteiger partial charge in [-0.25, -0.2) is 4.57 Å². The number of aryl methyl sites for hydroxylation is 1. The largest absolute Gasteiger partial charge is 0.205 e. The maximum absolute atomic E-state index is 2.38. The van der Waals surface area contributed by atoms with E-state index in [0.717, 1.165) is 12.5 Å². The Bertz CT molecular complexity index is 284. The zero-order chi connectivity index (χ0) is 12.0. The van der Waals surface area contributed by atoms with Gasteiger partial charge in [0, 0.05) is 18.6 Å². The molecule has 0 amide bonds. The van der Waals surface area contributed by atoms with Gasteiger partial charge in [-0.1, -0.05) is 33.8 Å². The Hall–Kier alpha value is -0.850. The summed E-state index contributed by atoms with van der Waals surface area (Å²) >= 11 is 0. The summed E-state index contributed by atoms with van der Waals surface area (Å²) in [6.07, 6.45) is 8.24. The van der Waals surface area contributed by atoms with Crippen LogP contribution in [0.15, 0.2) is 30.6 Å². The van der Waals surface area contributed by atoms with Gasteiger partial charge < -0.3 is 0 Å². The van der Waals surface area contributed by atoms with Crippen molar-refractivity contribution in [2.24, 2.45) is 11.3 Å². The number of pyridine rings is 1. The van der Waals surface area contributed by atoms with Gasteiger partial charge in [0.25, 0.3) is 0 Å². The molecule has 0 saturated heterocycles. The van der Waals surface area contributed by atoms with Crippen LogP contribution in [-0.2, 0) is 6.54 Å². The lowest BCUT2D eigenvalue weighted by molar-refractivity contribution is -0.697. The van der Waals surface area contributed by atoms with Crippen molar-refractivity contribution in [3.8, 4) is 0 Å². The molecule has 0 spiro atoms. The first-order chi connectivity index (χ1) is 7.47. The molecule has 1 rings (SSSR count). The van der Waals surface area contributed by atoms with Crippen LogP contribution in [-0.4, -0.2) is 0 Å². The molecule has 0 bridgehead atoms. The molecule has 1 nitrogen and oxygen atoms in total.